The monoisotopic (exact) mass is 240 g/mol. The van der Waals surface area contributed by atoms with Gasteiger partial charge in [-0.25, -0.2) is 4.98 Å². The van der Waals surface area contributed by atoms with Crippen molar-refractivity contribution in [3.63, 3.8) is 0 Å². The summed E-state index contributed by atoms with van der Waals surface area (Å²) in [6.07, 6.45) is 3.58. The van der Waals surface area contributed by atoms with Crippen molar-refractivity contribution < 1.29 is 0 Å². The summed E-state index contributed by atoms with van der Waals surface area (Å²) < 4.78 is 0. The third-order valence-corrected chi connectivity index (χ3v) is 3.61. The van der Waals surface area contributed by atoms with Crippen molar-refractivity contribution in [2.45, 2.75) is 32.6 Å². The lowest BCUT2D eigenvalue weighted by Crippen LogP contribution is -2.17. The van der Waals surface area contributed by atoms with Crippen molar-refractivity contribution >= 4 is 0 Å². The minimum atomic E-state index is 0.0566. The largest absolute Gasteiger partial charge is 0.310 e. The summed E-state index contributed by atoms with van der Waals surface area (Å²) in [5.41, 5.74) is 4.41. The molecule has 3 heteroatoms. The van der Waals surface area contributed by atoms with Crippen molar-refractivity contribution in [1.82, 2.24) is 9.97 Å². The van der Waals surface area contributed by atoms with E-state index >= 15 is 0 Å². The Labute approximate surface area is 106 Å². The summed E-state index contributed by atoms with van der Waals surface area (Å²) in [7, 11) is 0. The quantitative estimate of drug-likeness (QED) is 0.874. The average molecular weight is 240 g/mol. The summed E-state index contributed by atoms with van der Waals surface area (Å²) in [4.78, 5) is 19.4. The molecule has 0 saturated carbocycles. The highest BCUT2D eigenvalue weighted by atomic mass is 16.1. The van der Waals surface area contributed by atoms with Gasteiger partial charge < -0.3 is 4.98 Å². The van der Waals surface area contributed by atoms with E-state index in [0.29, 0.717) is 6.42 Å². The molecule has 0 radical (unpaired) electrons. The van der Waals surface area contributed by atoms with Gasteiger partial charge in [-0.1, -0.05) is 24.3 Å². The summed E-state index contributed by atoms with van der Waals surface area (Å²) in [5, 5.41) is 0. The van der Waals surface area contributed by atoms with Crippen LogP contribution in [0.3, 0.4) is 0 Å². The molecule has 1 heterocycles. The number of nitrogens with one attached hydrogen (secondary N) is 1. The molecule has 3 nitrogen and oxygen atoms in total. The van der Waals surface area contributed by atoms with Gasteiger partial charge in [0.25, 0.3) is 5.56 Å². The number of aromatic amines is 1. The van der Waals surface area contributed by atoms with Crippen LogP contribution in [0, 0.1) is 6.92 Å². The summed E-state index contributed by atoms with van der Waals surface area (Å²) in [6.45, 7) is 2.08. The molecular formula is C15H16N2O. The molecule has 92 valence electrons. The number of rotatable bonds is 2. The Kier molecular flexibility index (Phi) is 2.74. The van der Waals surface area contributed by atoms with Gasteiger partial charge in [-0.05, 0) is 37.3 Å². The number of hydrogen-bond donors (Lipinski definition) is 1. The van der Waals surface area contributed by atoms with Gasteiger partial charge in [-0.15, -0.1) is 0 Å². The van der Waals surface area contributed by atoms with E-state index in [9.17, 15) is 4.79 Å². The molecule has 1 aromatic heterocycles. The first-order valence-electron chi connectivity index (χ1n) is 6.39. The maximum Gasteiger partial charge on any atom is 0.254 e. The molecule has 1 aromatic carbocycles. The second-order valence-electron chi connectivity index (χ2n) is 4.89. The van der Waals surface area contributed by atoms with E-state index in [1.807, 2.05) is 12.1 Å². The molecule has 1 aliphatic carbocycles. The second-order valence-corrected chi connectivity index (χ2v) is 4.89. The minimum absolute atomic E-state index is 0.0566. The van der Waals surface area contributed by atoms with Gasteiger partial charge in [0, 0.05) is 12.0 Å². The van der Waals surface area contributed by atoms with Gasteiger partial charge in [0.05, 0.1) is 5.69 Å². The Bertz CT molecular complexity index is 643. The van der Waals surface area contributed by atoms with E-state index in [2.05, 4.69) is 29.0 Å². The van der Waals surface area contributed by atoms with E-state index < -0.39 is 0 Å². The smallest absolute Gasteiger partial charge is 0.254 e. The summed E-state index contributed by atoms with van der Waals surface area (Å²) >= 11 is 0. The SMILES string of the molecule is Cc1ccccc1Cc1nc2c(c(=O)[nH]1)CCC2. The molecule has 0 aliphatic heterocycles. The van der Waals surface area contributed by atoms with Crippen LogP contribution in [0.15, 0.2) is 29.1 Å². The van der Waals surface area contributed by atoms with E-state index in [1.165, 1.54) is 11.1 Å². The van der Waals surface area contributed by atoms with Crippen molar-refractivity contribution in [3.05, 3.63) is 62.8 Å². The van der Waals surface area contributed by atoms with Crippen LogP contribution >= 0.6 is 0 Å². The Morgan fingerprint density at radius 2 is 2.11 bits per heavy atom. The topological polar surface area (TPSA) is 45.8 Å². The van der Waals surface area contributed by atoms with Crippen LogP contribution < -0.4 is 5.56 Å². The molecule has 18 heavy (non-hydrogen) atoms. The fraction of sp³-hybridized carbons (Fsp3) is 0.333. The predicted octanol–water partition coefficient (Wildman–Crippen LogP) is 2.16. The lowest BCUT2D eigenvalue weighted by molar-refractivity contribution is 0.881. The van der Waals surface area contributed by atoms with Gasteiger partial charge in [-0.3, -0.25) is 4.79 Å². The van der Waals surface area contributed by atoms with Gasteiger partial charge >= 0.3 is 0 Å². The zero-order valence-corrected chi connectivity index (χ0v) is 10.5. The third-order valence-electron chi connectivity index (χ3n) is 3.61. The molecule has 0 amide bonds. The highest BCUT2D eigenvalue weighted by molar-refractivity contribution is 5.29. The Morgan fingerprint density at radius 3 is 2.94 bits per heavy atom. The van der Waals surface area contributed by atoms with Crippen molar-refractivity contribution in [2.75, 3.05) is 0 Å². The maximum absolute atomic E-state index is 11.9. The number of hydrogen-bond acceptors (Lipinski definition) is 2. The van der Waals surface area contributed by atoms with Gasteiger partial charge in [0.2, 0.25) is 0 Å². The number of aryl methyl sites for hydroxylation is 2. The molecule has 0 bridgehead atoms. The van der Waals surface area contributed by atoms with Crippen LogP contribution in [0.4, 0.5) is 0 Å². The molecule has 3 rings (SSSR count). The van der Waals surface area contributed by atoms with Crippen LogP contribution in [0.2, 0.25) is 0 Å². The highest BCUT2D eigenvalue weighted by Crippen LogP contribution is 2.17. The fourth-order valence-corrected chi connectivity index (χ4v) is 2.57. The van der Waals surface area contributed by atoms with Gasteiger partial charge in [0.15, 0.2) is 0 Å². The highest BCUT2D eigenvalue weighted by Gasteiger charge is 2.17. The fourth-order valence-electron chi connectivity index (χ4n) is 2.57. The third kappa shape index (κ3) is 1.96. The Morgan fingerprint density at radius 1 is 1.28 bits per heavy atom. The standard InChI is InChI=1S/C15H16N2O/c1-10-5-2-3-6-11(10)9-14-16-13-8-4-7-12(13)15(18)17-14/h2-3,5-6H,4,7-9H2,1H3,(H,16,17,18). The zero-order chi connectivity index (χ0) is 12.5. The molecular weight excluding hydrogens is 224 g/mol. The van der Waals surface area contributed by atoms with Crippen LogP contribution in [0.5, 0.6) is 0 Å². The number of H-pyrrole nitrogens is 1. The molecule has 0 fully saturated rings. The molecule has 2 aromatic rings. The second kappa shape index (κ2) is 4.41. The first-order chi connectivity index (χ1) is 8.74. The summed E-state index contributed by atoms with van der Waals surface area (Å²) in [6, 6.07) is 8.22. The van der Waals surface area contributed by atoms with Crippen LogP contribution in [-0.2, 0) is 19.3 Å². The first-order valence-corrected chi connectivity index (χ1v) is 6.39. The van der Waals surface area contributed by atoms with E-state index in [0.717, 1.165) is 36.3 Å². The van der Waals surface area contributed by atoms with Crippen LogP contribution in [0.1, 0.15) is 34.6 Å². The number of nitrogens with zero attached hydrogens (tertiary/aromatic N) is 1. The average Bonchev–Trinajstić information content (AvgIpc) is 2.81. The van der Waals surface area contributed by atoms with Crippen molar-refractivity contribution in [1.29, 1.82) is 0 Å². The molecule has 0 spiro atoms. The first kappa shape index (κ1) is 11.2. The van der Waals surface area contributed by atoms with E-state index in [4.69, 9.17) is 0 Å². The van der Waals surface area contributed by atoms with E-state index in [-0.39, 0.29) is 5.56 Å². The van der Waals surface area contributed by atoms with E-state index in [1.54, 1.807) is 0 Å². The van der Waals surface area contributed by atoms with Crippen molar-refractivity contribution in [2.24, 2.45) is 0 Å². The minimum Gasteiger partial charge on any atom is -0.310 e. The molecule has 0 saturated heterocycles. The number of benzene rings is 1. The van der Waals surface area contributed by atoms with Gasteiger partial charge in [0.1, 0.15) is 5.82 Å². The van der Waals surface area contributed by atoms with Crippen molar-refractivity contribution in [3.8, 4) is 0 Å². The predicted molar refractivity (Wildman–Crippen MR) is 70.9 cm³/mol. The molecule has 0 atom stereocenters. The zero-order valence-electron chi connectivity index (χ0n) is 10.5. The number of aromatic nitrogens is 2. The number of fused-ring (bicyclic) bond motifs is 1. The lowest BCUT2D eigenvalue weighted by atomic mass is 10.1. The van der Waals surface area contributed by atoms with Crippen LogP contribution in [0.25, 0.3) is 0 Å². The molecule has 0 unspecified atom stereocenters. The molecule has 1 aliphatic rings. The Hall–Kier alpha value is -1.90. The molecule has 1 N–H and O–H groups in total. The summed E-state index contributed by atoms with van der Waals surface area (Å²) in [5.74, 6) is 0.787. The lowest BCUT2D eigenvalue weighted by Gasteiger charge is -2.06. The normalized spacial score (nSPS) is 13.6. The van der Waals surface area contributed by atoms with Crippen LogP contribution in [-0.4, -0.2) is 9.97 Å². The maximum atomic E-state index is 11.9. The van der Waals surface area contributed by atoms with Gasteiger partial charge in [-0.2, -0.15) is 0 Å². The Balaban J connectivity index is 1.97.